The minimum atomic E-state index is -1.74. The molecule has 1 aromatic rings. The second-order valence-corrected chi connectivity index (χ2v) is 8.55. The van der Waals surface area contributed by atoms with Crippen LogP contribution < -0.4 is 16.5 Å². The van der Waals surface area contributed by atoms with E-state index in [1.54, 1.807) is 29.7 Å². The number of ketones is 1. The fraction of sp³-hybridized carbons (Fsp3) is 0.550. The number of nitrogens with two attached hydrogens (primary N) is 1. The lowest BCUT2D eigenvalue weighted by Gasteiger charge is -2.23. The number of aliphatic imine (C=N–C) groups is 1. The lowest BCUT2D eigenvalue weighted by Crippen LogP contribution is -2.49. The van der Waals surface area contributed by atoms with Crippen LogP contribution in [0.2, 0.25) is 5.02 Å². The zero-order valence-corrected chi connectivity index (χ0v) is 20.7. The summed E-state index contributed by atoms with van der Waals surface area (Å²) in [5, 5.41) is 31.8. The van der Waals surface area contributed by atoms with Crippen molar-refractivity contribution in [3.05, 3.63) is 45.0 Å². The predicted octanol–water partition coefficient (Wildman–Crippen LogP) is 1.30. The zero-order chi connectivity index (χ0) is 25.0. The maximum Gasteiger partial charge on any atom is 0.475 e. The van der Waals surface area contributed by atoms with Crippen LogP contribution in [-0.4, -0.2) is 52.3 Å². The molecule has 34 heavy (non-hydrogen) atoms. The average Bonchev–Trinajstić information content (AvgIpc) is 2.70. The van der Waals surface area contributed by atoms with Gasteiger partial charge in [0.05, 0.1) is 5.94 Å². The molecule has 190 valence electrons. The second-order valence-electron chi connectivity index (χ2n) is 8.14. The van der Waals surface area contributed by atoms with Gasteiger partial charge in [0.15, 0.2) is 5.03 Å². The Balaban J connectivity index is 0.0000109. The number of Topliss-reactive ketones (excluding diaryl/α,β-unsaturated/α-hetero) is 1. The summed E-state index contributed by atoms with van der Waals surface area (Å²) in [6.07, 6.45) is 0.884. The van der Waals surface area contributed by atoms with Crippen molar-refractivity contribution in [2.75, 3.05) is 6.54 Å². The van der Waals surface area contributed by atoms with Gasteiger partial charge in [0.1, 0.15) is 5.78 Å². The summed E-state index contributed by atoms with van der Waals surface area (Å²) in [6.45, 7) is 3.87. The third kappa shape index (κ3) is 12.7. The number of halogens is 2. The number of nitro groups is 1. The van der Waals surface area contributed by atoms with Gasteiger partial charge in [-0.3, -0.25) is 9.59 Å². The van der Waals surface area contributed by atoms with Gasteiger partial charge in [0.25, 0.3) is 5.96 Å². The van der Waals surface area contributed by atoms with Crippen molar-refractivity contribution in [1.82, 2.24) is 10.7 Å². The third-order valence-electron chi connectivity index (χ3n) is 4.80. The minimum absolute atomic E-state index is 0. The zero-order valence-electron chi connectivity index (χ0n) is 19.1. The molecule has 11 nitrogen and oxygen atoms in total. The van der Waals surface area contributed by atoms with E-state index in [0.717, 1.165) is 0 Å². The van der Waals surface area contributed by atoms with E-state index in [-0.39, 0.29) is 55.9 Å². The summed E-state index contributed by atoms with van der Waals surface area (Å²) >= 11 is 6.12. The number of nitrogens with zero attached hydrogens (tertiary/aromatic N) is 2. The number of carbonyl (C=O) groups is 2. The summed E-state index contributed by atoms with van der Waals surface area (Å²) < 4.78 is 0. The van der Waals surface area contributed by atoms with E-state index in [2.05, 4.69) is 10.3 Å². The van der Waals surface area contributed by atoms with Crippen LogP contribution in [0, 0.1) is 22.0 Å². The molecule has 1 aromatic carbocycles. The number of amides is 1. The van der Waals surface area contributed by atoms with Crippen molar-refractivity contribution in [1.29, 1.82) is 0 Å². The van der Waals surface area contributed by atoms with Gasteiger partial charge < -0.3 is 21.1 Å². The highest BCUT2D eigenvalue weighted by Crippen LogP contribution is 2.20. The van der Waals surface area contributed by atoms with E-state index < -0.39 is 29.9 Å². The molecule has 0 unspecified atom stereocenters. The highest BCUT2D eigenvalue weighted by atomic mass is 35.5. The van der Waals surface area contributed by atoms with Crippen LogP contribution in [0.3, 0.4) is 0 Å². The molecule has 0 aliphatic heterocycles. The Labute approximate surface area is 210 Å². The fourth-order valence-electron chi connectivity index (χ4n) is 3.26. The molecule has 0 saturated carbocycles. The van der Waals surface area contributed by atoms with Gasteiger partial charge in [-0.25, -0.2) is 15.1 Å². The standard InChI is InChI=1S/C20H31BClN5O6.ClH/c1-13(2)10-18(21(30)31)25-19(29)15(7-5-9-24-20(23)26-27(32)33)12-16(28)11-14-6-3-4-8-17(14)22;/h3-4,6,8,13,15,18,30-31H,5,7,9-12H2,1-2H3,(H,25,29)(H3,23,24,26);1H/t15-,18+;/m1./s1. The molecule has 14 heteroatoms. The van der Waals surface area contributed by atoms with E-state index in [4.69, 9.17) is 17.3 Å². The highest BCUT2D eigenvalue weighted by Gasteiger charge is 2.30. The molecule has 1 rings (SSSR count). The van der Waals surface area contributed by atoms with Crippen LogP contribution in [0.5, 0.6) is 0 Å². The van der Waals surface area contributed by atoms with Crippen molar-refractivity contribution in [3.63, 3.8) is 0 Å². The molecule has 1 amide bonds. The number of hydrazine groups is 1. The van der Waals surface area contributed by atoms with E-state index in [1.165, 1.54) is 0 Å². The molecule has 0 aliphatic carbocycles. The molecule has 6 N–H and O–H groups in total. The molecule has 0 aromatic heterocycles. The van der Waals surface area contributed by atoms with Crippen molar-refractivity contribution in [2.24, 2.45) is 22.6 Å². The fourth-order valence-corrected chi connectivity index (χ4v) is 3.46. The molecule has 2 atom stereocenters. The lowest BCUT2D eigenvalue weighted by molar-refractivity contribution is -0.525. The van der Waals surface area contributed by atoms with Crippen molar-refractivity contribution in [2.45, 2.75) is 51.9 Å². The van der Waals surface area contributed by atoms with Crippen LogP contribution in [0.1, 0.15) is 45.1 Å². The van der Waals surface area contributed by atoms with Gasteiger partial charge in [-0.1, -0.05) is 49.1 Å². The monoisotopic (exact) mass is 519 g/mol. The first-order valence-electron chi connectivity index (χ1n) is 10.6. The summed E-state index contributed by atoms with van der Waals surface area (Å²) in [5.41, 5.74) is 7.75. The number of hydrogen-bond acceptors (Lipinski definition) is 7. The molecule has 0 saturated heterocycles. The largest absolute Gasteiger partial charge is 0.475 e. The van der Waals surface area contributed by atoms with Gasteiger partial charge in [0, 0.05) is 30.3 Å². The minimum Gasteiger partial charge on any atom is -0.426 e. The first-order valence-corrected chi connectivity index (χ1v) is 11.0. The maximum absolute atomic E-state index is 12.9. The molecule has 0 heterocycles. The molecule has 0 spiro atoms. The number of benzene rings is 1. The van der Waals surface area contributed by atoms with E-state index >= 15 is 0 Å². The van der Waals surface area contributed by atoms with Gasteiger partial charge in [-0.05, 0) is 36.8 Å². The van der Waals surface area contributed by atoms with Gasteiger partial charge in [-0.2, -0.15) is 0 Å². The first-order chi connectivity index (χ1) is 15.5. The van der Waals surface area contributed by atoms with Crippen LogP contribution in [0.4, 0.5) is 0 Å². The lowest BCUT2D eigenvalue weighted by atomic mass is 9.74. The smallest absolute Gasteiger partial charge is 0.426 e. The molecule has 0 bridgehead atoms. The Morgan fingerprint density at radius 3 is 2.50 bits per heavy atom. The summed E-state index contributed by atoms with van der Waals surface area (Å²) in [4.78, 5) is 39.7. The van der Waals surface area contributed by atoms with Crippen LogP contribution in [0.15, 0.2) is 29.3 Å². The number of carbonyl (C=O) groups excluding carboxylic acids is 2. The van der Waals surface area contributed by atoms with Crippen LogP contribution >= 0.6 is 24.0 Å². The average molecular weight is 520 g/mol. The van der Waals surface area contributed by atoms with Gasteiger partial charge in [0.2, 0.25) is 5.91 Å². The number of guanidine groups is 1. The Morgan fingerprint density at radius 1 is 1.29 bits per heavy atom. The Kier molecular flexibility index (Phi) is 15.1. The second kappa shape index (κ2) is 16.3. The highest BCUT2D eigenvalue weighted by molar-refractivity contribution is 6.43. The molecule has 0 radical (unpaired) electrons. The summed E-state index contributed by atoms with van der Waals surface area (Å²) in [6, 6.07) is 6.92. The van der Waals surface area contributed by atoms with Crippen LogP contribution in [-0.2, 0) is 16.0 Å². The van der Waals surface area contributed by atoms with E-state index in [9.17, 15) is 29.8 Å². The van der Waals surface area contributed by atoms with E-state index in [0.29, 0.717) is 23.4 Å². The SMILES string of the molecule is CC(C)C[C@H](NC(=O)[C@H](CCCN=C(N)N[N+](=O)[O-])CC(=O)Cc1ccccc1Cl)B(O)O.Cl. The van der Waals surface area contributed by atoms with Crippen molar-refractivity contribution < 1.29 is 24.7 Å². The first kappa shape index (κ1) is 31.6. The normalized spacial score (nSPS) is 12.9. The predicted molar refractivity (Wildman–Crippen MR) is 133 cm³/mol. The molecular weight excluding hydrogens is 488 g/mol. The topological polar surface area (TPSA) is 180 Å². The Morgan fingerprint density at radius 2 is 1.94 bits per heavy atom. The molecular formula is C20H32BCl2N5O6. The van der Waals surface area contributed by atoms with Crippen LogP contribution in [0.25, 0.3) is 0 Å². The molecule has 0 aliphatic rings. The van der Waals surface area contributed by atoms with Gasteiger partial charge >= 0.3 is 7.12 Å². The van der Waals surface area contributed by atoms with E-state index in [1.807, 2.05) is 13.8 Å². The Bertz CT molecular complexity index is 843. The summed E-state index contributed by atoms with van der Waals surface area (Å²) in [5.74, 6) is -2.59. The van der Waals surface area contributed by atoms with Gasteiger partial charge in [-0.15, -0.1) is 12.4 Å². The number of nitrogens with one attached hydrogen (secondary N) is 2. The van der Waals surface area contributed by atoms with Crippen molar-refractivity contribution in [3.8, 4) is 0 Å². The Hall–Kier alpha value is -2.41. The quantitative estimate of drug-likeness (QED) is 0.0608. The summed E-state index contributed by atoms with van der Waals surface area (Å²) in [7, 11) is -1.74. The van der Waals surface area contributed by atoms with Crippen molar-refractivity contribution >= 4 is 48.8 Å². The number of rotatable bonds is 14. The maximum atomic E-state index is 12.9. The molecule has 0 fully saturated rings. The number of hydrogen-bond donors (Lipinski definition) is 5. The third-order valence-corrected chi connectivity index (χ3v) is 5.17.